The minimum absolute atomic E-state index is 0.135. The Labute approximate surface area is 135 Å². The third kappa shape index (κ3) is 4.94. The summed E-state index contributed by atoms with van der Waals surface area (Å²) in [6.07, 6.45) is 2.29. The minimum atomic E-state index is 0.135. The van der Waals surface area contributed by atoms with Gasteiger partial charge in [0.15, 0.2) is 0 Å². The topological polar surface area (TPSA) is 15.7 Å². The monoisotopic (exact) mass is 302 g/mol. The Balaban J connectivity index is 1.84. The first-order valence-corrected chi connectivity index (χ1v) is 8.20. The number of nitrogens with zero attached hydrogens (tertiary/aromatic N) is 2. The van der Waals surface area contributed by atoms with Gasteiger partial charge in [-0.2, -0.15) is 0 Å². The minimum Gasteiger partial charge on any atom is -0.383 e. The van der Waals surface area contributed by atoms with Crippen molar-refractivity contribution < 1.29 is 4.74 Å². The lowest BCUT2D eigenvalue weighted by atomic mass is 10.0. The second kappa shape index (κ2) is 7.91. The number of ether oxygens (including phenoxy) is 1. The molecule has 0 radical (unpaired) electrons. The van der Waals surface area contributed by atoms with Crippen molar-refractivity contribution in [2.24, 2.45) is 0 Å². The molecule has 3 heteroatoms. The zero-order valence-electron chi connectivity index (χ0n) is 14.5. The van der Waals surface area contributed by atoms with Crippen LogP contribution in [0.3, 0.4) is 0 Å². The van der Waals surface area contributed by atoms with Crippen LogP contribution in [0, 0.1) is 0 Å². The molecule has 1 aliphatic heterocycles. The second-order valence-electron chi connectivity index (χ2n) is 6.91. The number of methoxy groups -OCH3 is 1. The van der Waals surface area contributed by atoms with Crippen molar-refractivity contribution in [3.05, 3.63) is 41.5 Å². The first-order valence-electron chi connectivity index (χ1n) is 8.20. The summed E-state index contributed by atoms with van der Waals surface area (Å²) in [4.78, 5) is 5.09. The molecule has 1 aromatic rings. The zero-order valence-corrected chi connectivity index (χ0v) is 14.5. The van der Waals surface area contributed by atoms with Crippen LogP contribution in [0.15, 0.2) is 35.9 Å². The largest absolute Gasteiger partial charge is 0.383 e. The van der Waals surface area contributed by atoms with Crippen LogP contribution >= 0.6 is 0 Å². The standard InChI is InChI=1S/C19H30N2O/c1-17(14-18-8-6-5-7-9-18)15-20-10-12-21(13-11-20)19(2,3)16-22-4/h5-9,14H,10-13,15-16H2,1-4H3/b17-14+. The van der Waals surface area contributed by atoms with Gasteiger partial charge in [0.2, 0.25) is 0 Å². The quantitative estimate of drug-likeness (QED) is 0.803. The van der Waals surface area contributed by atoms with Gasteiger partial charge >= 0.3 is 0 Å². The summed E-state index contributed by atoms with van der Waals surface area (Å²) in [5.41, 5.74) is 2.85. The fraction of sp³-hybridized carbons (Fsp3) is 0.579. The van der Waals surface area contributed by atoms with Crippen molar-refractivity contribution in [2.45, 2.75) is 26.3 Å². The molecule has 1 heterocycles. The van der Waals surface area contributed by atoms with Crippen LogP contribution in [0.4, 0.5) is 0 Å². The van der Waals surface area contributed by atoms with E-state index >= 15 is 0 Å². The molecule has 0 aromatic heterocycles. The van der Waals surface area contributed by atoms with Crippen molar-refractivity contribution in [1.29, 1.82) is 0 Å². The van der Waals surface area contributed by atoms with Crippen molar-refractivity contribution in [3.8, 4) is 0 Å². The second-order valence-corrected chi connectivity index (χ2v) is 6.91. The van der Waals surface area contributed by atoms with Gasteiger partial charge in [0, 0.05) is 45.4 Å². The maximum atomic E-state index is 5.35. The molecule has 2 rings (SSSR count). The van der Waals surface area contributed by atoms with E-state index in [0.29, 0.717) is 0 Å². The fourth-order valence-corrected chi connectivity index (χ4v) is 3.19. The average molecular weight is 302 g/mol. The van der Waals surface area contributed by atoms with Crippen LogP contribution in [0.25, 0.3) is 6.08 Å². The van der Waals surface area contributed by atoms with E-state index in [2.05, 4.69) is 67.0 Å². The van der Waals surface area contributed by atoms with E-state index in [9.17, 15) is 0 Å². The van der Waals surface area contributed by atoms with Crippen molar-refractivity contribution in [3.63, 3.8) is 0 Å². The predicted octanol–water partition coefficient (Wildman–Crippen LogP) is 3.13. The summed E-state index contributed by atoms with van der Waals surface area (Å²) in [5.74, 6) is 0. The van der Waals surface area contributed by atoms with E-state index in [4.69, 9.17) is 4.74 Å². The van der Waals surface area contributed by atoms with Gasteiger partial charge in [-0.15, -0.1) is 0 Å². The lowest BCUT2D eigenvalue weighted by Crippen LogP contribution is -2.56. The highest BCUT2D eigenvalue weighted by Crippen LogP contribution is 2.18. The summed E-state index contributed by atoms with van der Waals surface area (Å²) in [6.45, 7) is 13.1. The number of piperazine rings is 1. The molecule has 1 fully saturated rings. The Morgan fingerprint density at radius 3 is 2.36 bits per heavy atom. The SMILES string of the molecule is COCC(C)(C)N1CCN(C/C(C)=C/c2ccccc2)CC1. The molecule has 1 saturated heterocycles. The van der Waals surface area contributed by atoms with Crippen molar-refractivity contribution >= 4 is 6.08 Å². The van der Waals surface area contributed by atoms with E-state index in [1.807, 2.05) is 0 Å². The van der Waals surface area contributed by atoms with Crippen LogP contribution in [-0.2, 0) is 4.74 Å². The zero-order chi connectivity index (χ0) is 16.0. The fourth-order valence-electron chi connectivity index (χ4n) is 3.19. The molecule has 0 saturated carbocycles. The van der Waals surface area contributed by atoms with Crippen LogP contribution in [-0.4, -0.2) is 61.8 Å². The summed E-state index contributed by atoms with van der Waals surface area (Å²) < 4.78 is 5.35. The van der Waals surface area contributed by atoms with Gasteiger partial charge in [0.25, 0.3) is 0 Å². The highest BCUT2D eigenvalue weighted by Gasteiger charge is 2.29. The highest BCUT2D eigenvalue weighted by atomic mass is 16.5. The first-order chi connectivity index (χ1) is 10.5. The number of rotatable bonds is 6. The number of hydrogen-bond acceptors (Lipinski definition) is 3. The van der Waals surface area contributed by atoms with Gasteiger partial charge in [-0.05, 0) is 26.3 Å². The van der Waals surface area contributed by atoms with Gasteiger partial charge in [-0.25, -0.2) is 0 Å². The first kappa shape index (κ1) is 17.2. The molecule has 22 heavy (non-hydrogen) atoms. The summed E-state index contributed by atoms with van der Waals surface area (Å²) >= 11 is 0. The van der Waals surface area contributed by atoms with Gasteiger partial charge in [-0.3, -0.25) is 9.80 Å². The molecule has 3 nitrogen and oxygen atoms in total. The molecule has 1 aromatic carbocycles. The maximum absolute atomic E-state index is 5.35. The average Bonchev–Trinajstić information content (AvgIpc) is 2.48. The lowest BCUT2D eigenvalue weighted by Gasteiger charge is -2.43. The van der Waals surface area contributed by atoms with E-state index < -0.39 is 0 Å². The van der Waals surface area contributed by atoms with Gasteiger partial charge in [0.05, 0.1) is 6.61 Å². The lowest BCUT2D eigenvalue weighted by molar-refractivity contribution is 0.00410. The van der Waals surface area contributed by atoms with Crippen LogP contribution in [0.5, 0.6) is 0 Å². The van der Waals surface area contributed by atoms with Gasteiger partial charge < -0.3 is 4.74 Å². The Bertz CT molecular complexity index is 473. The van der Waals surface area contributed by atoms with Gasteiger partial charge in [-0.1, -0.05) is 42.0 Å². The van der Waals surface area contributed by atoms with Crippen LogP contribution in [0.1, 0.15) is 26.3 Å². The van der Waals surface area contributed by atoms with Crippen molar-refractivity contribution in [1.82, 2.24) is 9.80 Å². The molecular weight excluding hydrogens is 272 g/mol. The van der Waals surface area contributed by atoms with E-state index in [1.54, 1.807) is 7.11 Å². The molecule has 0 aliphatic carbocycles. The molecule has 0 spiro atoms. The normalized spacial score (nSPS) is 18.6. The van der Waals surface area contributed by atoms with E-state index in [1.165, 1.54) is 11.1 Å². The maximum Gasteiger partial charge on any atom is 0.0641 e. The molecule has 0 N–H and O–H groups in total. The Hall–Kier alpha value is -1.16. The summed E-state index contributed by atoms with van der Waals surface area (Å²) in [7, 11) is 1.79. The highest BCUT2D eigenvalue weighted by molar-refractivity contribution is 5.52. The molecule has 0 bridgehead atoms. The number of hydrogen-bond donors (Lipinski definition) is 0. The summed E-state index contributed by atoms with van der Waals surface area (Å²) in [6, 6.07) is 10.6. The Morgan fingerprint density at radius 2 is 1.77 bits per heavy atom. The van der Waals surface area contributed by atoms with E-state index in [0.717, 1.165) is 39.3 Å². The molecule has 122 valence electrons. The molecule has 0 atom stereocenters. The van der Waals surface area contributed by atoms with E-state index in [-0.39, 0.29) is 5.54 Å². The Kier molecular flexibility index (Phi) is 6.18. The van der Waals surface area contributed by atoms with Gasteiger partial charge in [0.1, 0.15) is 0 Å². The molecular formula is C19H30N2O. The molecule has 1 aliphatic rings. The van der Waals surface area contributed by atoms with Crippen LogP contribution in [0.2, 0.25) is 0 Å². The van der Waals surface area contributed by atoms with Crippen molar-refractivity contribution in [2.75, 3.05) is 46.4 Å². The van der Waals surface area contributed by atoms with Crippen LogP contribution < -0.4 is 0 Å². The third-order valence-corrected chi connectivity index (χ3v) is 4.41. The summed E-state index contributed by atoms with van der Waals surface area (Å²) in [5, 5.41) is 0. The number of benzene rings is 1. The predicted molar refractivity (Wildman–Crippen MR) is 94.1 cm³/mol. The molecule has 0 amide bonds. The Morgan fingerprint density at radius 1 is 1.14 bits per heavy atom. The molecule has 0 unspecified atom stereocenters. The third-order valence-electron chi connectivity index (χ3n) is 4.41. The smallest absolute Gasteiger partial charge is 0.0641 e.